The maximum absolute atomic E-state index is 12.0. The second-order valence-corrected chi connectivity index (χ2v) is 5.49. The molecule has 0 aliphatic carbocycles. The van der Waals surface area contributed by atoms with Crippen LogP contribution in [-0.4, -0.2) is 32.2 Å². The van der Waals surface area contributed by atoms with Crippen molar-refractivity contribution in [3.8, 4) is 23.0 Å². The molecule has 0 atom stereocenters. The Morgan fingerprint density at radius 3 is 2.15 bits per heavy atom. The molecule has 2 aromatic carbocycles. The van der Waals surface area contributed by atoms with Crippen molar-refractivity contribution < 1.29 is 28.7 Å². The van der Waals surface area contributed by atoms with Gasteiger partial charge in [-0.1, -0.05) is 11.6 Å². The molecule has 0 aromatic heterocycles. The van der Waals surface area contributed by atoms with Crippen LogP contribution in [0.4, 0.5) is 5.69 Å². The lowest BCUT2D eigenvalue weighted by Crippen LogP contribution is -2.04. The molecule has 0 saturated carbocycles. The molecule has 2 aromatic rings. The van der Waals surface area contributed by atoms with Crippen LogP contribution >= 0.6 is 11.6 Å². The van der Waals surface area contributed by atoms with Gasteiger partial charge in [0, 0.05) is 18.2 Å². The van der Waals surface area contributed by atoms with Crippen molar-refractivity contribution in [1.82, 2.24) is 0 Å². The molecule has 0 unspecified atom stereocenters. The van der Waals surface area contributed by atoms with Gasteiger partial charge in [0.15, 0.2) is 11.5 Å². The van der Waals surface area contributed by atoms with E-state index in [4.69, 9.17) is 30.5 Å². The van der Waals surface area contributed by atoms with Gasteiger partial charge in [0.25, 0.3) is 5.69 Å². The number of methoxy groups -OCH3 is 3. The Morgan fingerprint density at radius 1 is 1.04 bits per heavy atom. The highest BCUT2D eigenvalue weighted by Gasteiger charge is 2.14. The van der Waals surface area contributed by atoms with E-state index in [0.29, 0.717) is 22.8 Å². The van der Waals surface area contributed by atoms with E-state index < -0.39 is 10.9 Å². The van der Waals surface area contributed by atoms with Gasteiger partial charge in [-0.2, -0.15) is 0 Å². The standard InChI is InChI=1S/C18H16ClNO7/c1-24-15-8-11(9-16(25-2)18(15)26-3)4-7-17(21)27-14-6-5-12(20(22)23)10-13(14)19/h4-10H,1-3H3/b7-4+. The number of nitrogens with zero attached hydrogens (tertiary/aromatic N) is 1. The lowest BCUT2D eigenvalue weighted by Gasteiger charge is -2.12. The second-order valence-electron chi connectivity index (χ2n) is 5.08. The predicted molar refractivity (Wildman–Crippen MR) is 98.9 cm³/mol. The summed E-state index contributed by atoms with van der Waals surface area (Å²) in [6, 6.07) is 6.87. The van der Waals surface area contributed by atoms with E-state index in [1.54, 1.807) is 12.1 Å². The number of nitro groups is 1. The fraction of sp³-hybridized carbons (Fsp3) is 0.167. The average molecular weight is 394 g/mol. The molecule has 8 nitrogen and oxygen atoms in total. The van der Waals surface area contributed by atoms with Crippen molar-refractivity contribution in [2.45, 2.75) is 0 Å². The van der Waals surface area contributed by atoms with Gasteiger partial charge < -0.3 is 18.9 Å². The minimum absolute atomic E-state index is 0.0156. The number of ether oxygens (including phenoxy) is 4. The Labute approximate surface area is 160 Å². The summed E-state index contributed by atoms with van der Waals surface area (Å²) in [5.74, 6) is 0.602. The third-order valence-electron chi connectivity index (χ3n) is 3.44. The summed E-state index contributed by atoms with van der Waals surface area (Å²) in [5.41, 5.74) is 0.406. The Kier molecular flexibility index (Phi) is 6.62. The Bertz CT molecular complexity index is 870. The molecule has 0 heterocycles. The summed E-state index contributed by atoms with van der Waals surface area (Å²) in [5, 5.41) is 10.7. The van der Waals surface area contributed by atoms with E-state index in [0.717, 1.165) is 6.07 Å². The molecule has 0 amide bonds. The topological polar surface area (TPSA) is 97.1 Å². The minimum Gasteiger partial charge on any atom is -0.493 e. The van der Waals surface area contributed by atoms with Gasteiger partial charge >= 0.3 is 5.97 Å². The molecular weight excluding hydrogens is 378 g/mol. The maximum Gasteiger partial charge on any atom is 0.336 e. The molecule has 142 valence electrons. The molecule has 0 spiro atoms. The quantitative estimate of drug-likeness (QED) is 0.231. The monoisotopic (exact) mass is 393 g/mol. The van der Waals surface area contributed by atoms with Crippen molar-refractivity contribution in [1.29, 1.82) is 0 Å². The zero-order chi connectivity index (χ0) is 20.0. The first-order chi connectivity index (χ1) is 12.9. The van der Waals surface area contributed by atoms with Crippen LogP contribution in [0.1, 0.15) is 5.56 Å². The highest BCUT2D eigenvalue weighted by molar-refractivity contribution is 6.32. The fourth-order valence-electron chi connectivity index (χ4n) is 2.19. The maximum atomic E-state index is 12.0. The number of carbonyl (C=O) groups is 1. The molecule has 0 radical (unpaired) electrons. The number of benzene rings is 2. The van der Waals surface area contributed by atoms with Crippen LogP contribution in [0.25, 0.3) is 6.08 Å². The van der Waals surface area contributed by atoms with Crippen molar-refractivity contribution in [3.05, 3.63) is 57.1 Å². The highest BCUT2D eigenvalue weighted by Crippen LogP contribution is 2.38. The molecule has 0 aliphatic heterocycles. The molecule has 27 heavy (non-hydrogen) atoms. The van der Waals surface area contributed by atoms with Gasteiger partial charge in [0.05, 0.1) is 31.3 Å². The van der Waals surface area contributed by atoms with Gasteiger partial charge in [-0.05, 0) is 29.8 Å². The van der Waals surface area contributed by atoms with E-state index in [1.807, 2.05) is 0 Å². The van der Waals surface area contributed by atoms with E-state index in [-0.39, 0.29) is 16.5 Å². The van der Waals surface area contributed by atoms with Crippen molar-refractivity contribution in [2.24, 2.45) is 0 Å². The van der Waals surface area contributed by atoms with Crippen molar-refractivity contribution >= 4 is 29.3 Å². The van der Waals surface area contributed by atoms with Crippen molar-refractivity contribution in [2.75, 3.05) is 21.3 Å². The van der Waals surface area contributed by atoms with Crippen LogP contribution in [0.2, 0.25) is 5.02 Å². The van der Waals surface area contributed by atoms with Crippen LogP contribution in [0, 0.1) is 10.1 Å². The highest BCUT2D eigenvalue weighted by atomic mass is 35.5. The number of hydrogen-bond donors (Lipinski definition) is 0. The first-order valence-corrected chi connectivity index (χ1v) is 7.91. The minimum atomic E-state index is -0.709. The van der Waals surface area contributed by atoms with Crippen LogP contribution in [0.15, 0.2) is 36.4 Å². The third-order valence-corrected chi connectivity index (χ3v) is 3.73. The first kappa shape index (κ1) is 20.1. The molecule has 0 bridgehead atoms. The van der Waals surface area contributed by atoms with E-state index in [1.165, 1.54) is 45.6 Å². The predicted octanol–water partition coefficient (Wildman–Crippen LogP) is 3.89. The summed E-state index contributed by atoms with van der Waals surface area (Å²) in [7, 11) is 4.45. The largest absolute Gasteiger partial charge is 0.493 e. The van der Waals surface area contributed by atoms with E-state index >= 15 is 0 Å². The van der Waals surface area contributed by atoms with Crippen LogP contribution in [0.3, 0.4) is 0 Å². The smallest absolute Gasteiger partial charge is 0.336 e. The lowest BCUT2D eigenvalue weighted by atomic mass is 10.1. The Balaban J connectivity index is 2.18. The first-order valence-electron chi connectivity index (χ1n) is 7.53. The number of halogens is 1. The third kappa shape index (κ3) is 4.89. The van der Waals surface area contributed by atoms with Gasteiger partial charge in [0.1, 0.15) is 5.75 Å². The lowest BCUT2D eigenvalue weighted by molar-refractivity contribution is -0.384. The van der Waals surface area contributed by atoms with Crippen LogP contribution < -0.4 is 18.9 Å². The number of non-ortho nitro benzene ring substituents is 1. The number of rotatable bonds is 7. The van der Waals surface area contributed by atoms with Gasteiger partial charge in [0.2, 0.25) is 5.75 Å². The zero-order valence-corrected chi connectivity index (χ0v) is 15.5. The molecule has 0 N–H and O–H groups in total. The summed E-state index contributed by atoms with van der Waals surface area (Å²) >= 11 is 5.89. The van der Waals surface area contributed by atoms with E-state index in [2.05, 4.69) is 0 Å². The molecule has 2 rings (SSSR count). The van der Waals surface area contributed by atoms with Gasteiger partial charge in [-0.15, -0.1) is 0 Å². The van der Waals surface area contributed by atoms with Crippen LogP contribution in [0.5, 0.6) is 23.0 Å². The number of nitro benzene ring substituents is 1. The zero-order valence-electron chi connectivity index (χ0n) is 14.7. The second kappa shape index (κ2) is 8.91. The summed E-state index contributed by atoms with van der Waals surface area (Å²) in [6.45, 7) is 0. The SMILES string of the molecule is COc1cc(/C=C/C(=O)Oc2ccc([N+](=O)[O-])cc2Cl)cc(OC)c1OC. The molecule has 0 aliphatic rings. The Hall–Kier alpha value is -3.26. The molecule has 9 heteroatoms. The fourth-order valence-corrected chi connectivity index (χ4v) is 2.40. The number of hydrogen-bond acceptors (Lipinski definition) is 7. The van der Waals surface area contributed by atoms with Crippen LogP contribution in [-0.2, 0) is 4.79 Å². The molecule has 0 saturated heterocycles. The average Bonchev–Trinajstić information content (AvgIpc) is 2.66. The summed E-state index contributed by atoms with van der Waals surface area (Å²) in [6.07, 6.45) is 2.67. The Morgan fingerprint density at radius 2 is 1.67 bits per heavy atom. The summed E-state index contributed by atoms with van der Waals surface area (Å²) in [4.78, 5) is 22.1. The number of esters is 1. The normalized spacial score (nSPS) is 10.5. The molecule has 0 fully saturated rings. The summed E-state index contributed by atoms with van der Waals surface area (Å²) < 4.78 is 20.8. The van der Waals surface area contributed by atoms with Crippen molar-refractivity contribution in [3.63, 3.8) is 0 Å². The van der Waals surface area contributed by atoms with E-state index in [9.17, 15) is 14.9 Å². The number of carbonyl (C=O) groups excluding carboxylic acids is 1. The molecular formula is C18H16ClNO7. The van der Waals surface area contributed by atoms with Gasteiger partial charge in [-0.3, -0.25) is 10.1 Å². The van der Waals surface area contributed by atoms with Gasteiger partial charge in [-0.25, -0.2) is 4.79 Å².